The summed E-state index contributed by atoms with van der Waals surface area (Å²) in [4.78, 5) is 0. The summed E-state index contributed by atoms with van der Waals surface area (Å²) >= 11 is 3.61. The highest BCUT2D eigenvalue weighted by Crippen LogP contribution is 2.52. The molecule has 4 heteroatoms. The van der Waals surface area contributed by atoms with Crippen molar-refractivity contribution in [2.24, 2.45) is 5.73 Å². The van der Waals surface area contributed by atoms with Gasteiger partial charge in [0.05, 0.1) is 0 Å². The van der Waals surface area contributed by atoms with Crippen LogP contribution >= 0.6 is 15.9 Å². The maximum absolute atomic E-state index is 6.28. The molecule has 0 unspecified atom stereocenters. The third-order valence-electron chi connectivity index (χ3n) is 4.32. The molecule has 18 heavy (non-hydrogen) atoms. The van der Waals surface area contributed by atoms with Gasteiger partial charge in [-0.3, -0.25) is 0 Å². The summed E-state index contributed by atoms with van der Waals surface area (Å²) in [6.07, 6.45) is 6.45. The van der Waals surface area contributed by atoms with Gasteiger partial charge in [0.25, 0.3) is 5.79 Å². The lowest BCUT2D eigenvalue weighted by Crippen LogP contribution is -2.34. The maximum atomic E-state index is 6.28. The van der Waals surface area contributed by atoms with Gasteiger partial charge in [0.2, 0.25) is 0 Å². The fourth-order valence-corrected chi connectivity index (χ4v) is 3.74. The summed E-state index contributed by atoms with van der Waals surface area (Å²) < 4.78 is 13.1. The van der Waals surface area contributed by atoms with Crippen LogP contribution in [0.15, 0.2) is 16.6 Å². The molecule has 1 aliphatic heterocycles. The first kappa shape index (κ1) is 11.1. The predicted octanol–water partition coefficient (Wildman–Crippen LogP) is 3.44. The van der Waals surface area contributed by atoms with Gasteiger partial charge in [-0.2, -0.15) is 0 Å². The lowest BCUT2D eigenvalue weighted by molar-refractivity contribution is -0.0716. The van der Waals surface area contributed by atoms with Gasteiger partial charge < -0.3 is 15.2 Å². The lowest BCUT2D eigenvalue weighted by atomic mass is 10.1. The molecule has 1 heterocycles. The van der Waals surface area contributed by atoms with Crippen LogP contribution in [0.25, 0.3) is 0 Å². The highest BCUT2D eigenvalue weighted by Gasteiger charge is 2.47. The minimum Gasteiger partial charge on any atom is -0.448 e. The molecule has 0 bridgehead atoms. The Morgan fingerprint density at radius 3 is 2.22 bits per heavy atom. The quantitative estimate of drug-likeness (QED) is 0.864. The second kappa shape index (κ2) is 3.42. The number of benzene rings is 1. The molecule has 1 aromatic carbocycles. The molecule has 1 aromatic rings. The zero-order valence-corrected chi connectivity index (χ0v) is 11.8. The monoisotopic (exact) mass is 309 g/mol. The summed E-state index contributed by atoms with van der Waals surface area (Å²) in [6.45, 7) is 0. The normalized spacial score (nSPS) is 25.7. The third kappa shape index (κ3) is 1.51. The first-order valence-electron chi connectivity index (χ1n) is 6.61. The van der Waals surface area contributed by atoms with Gasteiger partial charge in [-0.25, -0.2) is 0 Å². The van der Waals surface area contributed by atoms with Crippen molar-refractivity contribution in [2.45, 2.75) is 49.9 Å². The van der Waals surface area contributed by atoms with E-state index in [0.29, 0.717) is 0 Å². The average Bonchev–Trinajstić information content (AvgIpc) is 2.80. The minimum absolute atomic E-state index is 0.150. The summed E-state index contributed by atoms with van der Waals surface area (Å²) in [7, 11) is 0. The second-order valence-electron chi connectivity index (χ2n) is 5.76. The van der Waals surface area contributed by atoms with E-state index in [-0.39, 0.29) is 11.3 Å². The van der Waals surface area contributed by atoms with E-state index in [0.717, 1.165) is 47.2 Å². The molecule has 1 spiro atoms. The Hall–Kier alpha value is -0.740. The number of hydrogen-bond acceptors (Lipinski definition) is 3. The average molecular weight is 310 g/mol. The smallest absolute Gasteiger partial charge is 0.251 e. The number of hydrogen-bond donors (Lipinski definition) is 1. The van der Waals surface area contributed by atoms with Crippen LogP contribution < -0.4 is 15.2 Å². The van der Waals surface area contributed by atoms with Gasteiger partial charge >= 0.3 is 0 Å². The molecule has 0 atom stereocenters. The molecule has 2 aliphatic carbocycles. The van der Waals surface area contributed by atoms with Crippen LogP contribution in [0.1, 0.15) is 44.1 Å². The number of rotatable bonds is 1. The topological polar surface area (TPSA) is 44.5 Å². The molecule has 96 valence electrons. The summed E-state index contributed by atoms with van der Waals surface area (Å²) in [6, 6.07) is 4.09. The van der Waals surface area contributed by atoms with Gasteiger partial charge in [0.15, 0.2) is 11.5 Å². The molecule has 3 nitrogen and oxygen atoms in total. The van der Waals surface area contributed by atoms with Crippen LogP contribution in [0.3, 0.4) is 0 Å². The number of nitrogens with two attached hydrogens (primary N) is 1. The molecule has 0 aromatic heterocycles. The highest BCUT2D eigenvalue weighted by molar-refractivity contribution is 9.10. The molecule has 2 saturated carbocycles. The Labute approximate surface area is 115 Å². The minimum atomic E-state index is -0.383. The highest BCUT2D eigenvalue weighted by atomic mass is 79.9. The Bertz CT molecular complexity index is 519. The van der Waals surface area contributed by atoms with Crippen molar-refractivity contribution < 1.29 is 9.47 Å². The van der Waals surface area contributed by atoms with Crippen molar-refractivity contribution in [3.63, 3.8) is 0 Å². The zero-order chi connectivity index (χ0) is 12.4. The van der Waals surface area contributed by atoms with Crippen molar-refractivity contribution in [2.75, 3.05) is 0 Å². The molecule has 3 aliphatic rings. The van der Waals surface area contributed by atoms with Gasteiger partial charge in [-0.05, 0) is 43.4 Å². The van der Waals surface area contributed by atoms with E-state index in [2.05, 4.69) is 22.0 Å². The lowest BCUT2D eigenvalue weighted by Gasteiger charge is -2.21. The fourth-order valence-electron chi connectivity index (χ4n) is 3.02. The van der Waals surface area contributed by atoms with Gasteiger partial charge in [-0.15, -0.1) is 0 Å². The largest absolute Gasteiger partial charge is 0.448 e. The molecule has 0 saturated heterocycles. The van der Waals surface area contributed by atoms with E-state index in [1.54, 1.807) is 0 Å². The van der Waals surface area contributed by atoms with E-state index in [1.165, 1.54) is 12.8 Å². The van der Waals surface area contributed by atoms with Crippen molar-refractivity contribution in [1.29, 1.82) is 0 Å². The number of halogens is 1. The van der Waals surface area contributed by atoms with Crippen LogP contribution in [0.2, 0.25) is 0 Å². The predicted molar refractivity (Wildman–Crippen MR) is 71.7 cm³/mol. The maximum Gasteiger partial charge on any atom is 0.251 e. The second-order valence-corrected chi connectivity index (χ2v) is 6.61. The van der Waals surface area contributed by atoms with Crippen LogP contribution in [-0.4, -0.2) is 5.79 Å². The fraction of sp³-hybridized carbons (Fsp3) is 0.571. The molecule has 2 N–H and O–H groups in total. The van der Waals surface area contributed by atoms with Crippen molar-refractivity contribution in [3.05, 3.63) is 22.2 Å². The van der Waals surface area contributed by atoms with E-state index >= 15 is 0 Å². The summed E-state index contributed by atoms with van der Waals surface area (Å²) in [5.74, 6) is 1.34. The van der Waals surface area contributed by atoms with Crippen LogP contribution in [0.5, 0.6) is 11.5 Å². The van der Waals surface area contributed by atoms with E-state index in [1.807, 2.05) is 6.07 Å². The standard InChI is InChI=1S/C14H16BrNO2/c15-10-8-12-11(7-9(10)13(16)5-6-13)17-14(18-12)3-1-2-4-14/h7-8H,1-6,16H2. The summed E-state index contributed by atoms with van der Waals surface area (Å²) in [5, 5.41) is 0. The van der Waals surface area contributed by atoms with Gasteiger partial charge in [0, 0.05) is 22.9 Å². The van der Waals surface area contributed by atoms with Crippen molar-refractivity contribution in [3.8, 4) is 11.5 Å². The zero-order valence-electron chi connectivity index (χ0n) is 10.2. The van der Waals surface area contributed by atoms with Crippen LogP contribution in [0, 0.1) is 0 Å². The van der Waals surface area contributed by atoms with Gasteiger partial charge in [-0.1, -0.05) is 15.9 Å². The van der Waals surface area contributed by atoms with E-state index in [9.17, 15) is 0 Å². The number of fused-ring (bicyclic) bond motifs is 1. The first-order chi connectivity index (χ1) is 8.60. The Morgan fingerprint density at radius 1 is 1.00 bits per heavy atom. The Kier molecular flexibility index (Phi) is 2.11. The third-order valence-corrected chi connectivity index (χ3v) is 4.97. The number of ether oxygens (including phenoxy) is 2. The van der Waals surface area contributed by atoms with Crippen LogP contribution in [0.4, 0.5) is 0 Å². The summed E-state index contributed by atoms with van der Waals surface area (Å²) in [5.41, 5.74) is 7.28. The first-order valence-corrected chi connectivity index (χ1v) is 7.41. The molecular weight excluding hydrogens is 294 g/mol. The van der Waals surface area contributed by atoms with Crippen LogP contribution in [-0.2, 0) is 5.54 Å². The van der Waals surface area contributed by atoms with Crippen molar-refractivity contribution in [1.82, 2.24) is 0 Å². The molecule has 0 radical (unpaired) electrons. The molecule has 0 amide bonds. The molecule has 2 fully saturated rings. The molecular formula is C14H16BrNO2. The SMILES string of the molecule is NC1(c2cc3c(cc2Br)OC2(CCCC2)O3)CC1. The van der Waals surface area contributed by atoms with Gasteiger partial charge in [0.1, 0.15) is 0 Å². The molecule has 4 rings (SSSR count). The van der Waals surface area contributed by atoms with E-state index in [4.69, 9.17) is 15.2 Å². The Morgan fingerprint density at radius 2 is 1.61 bits per heavy atom. The van der Waals surface area contributed by atoms with Crippen molar-refractivity contribution >= 4 is 15.9 Å². The Balaban J connectivity index is 1.74. The van der Waals surface area contributed by atoms with E-state index < -0.39 is 0 Å².